The summed E-state index contributed by atoms with van der Waals surface area (Å²) >= 11 is 0. The maximum atomic E-state index is 12.2. The van der Waals surface area contributed by atoms with Gasteiger partial charge in [0, 0.05) is 7.05 Å². The summed E-state index contributed by atoms with van der Waals surface area (Å²) in [4.78, 5) is 2.76. The molecule has 0 saturated heterocycles. The second-order valence-corrected chi connectivity index (χ2v) is 5.96. The van der Waals surface area contributed by atoms with Gasteiger partial charge in [0.05, 0.1) is 10.6 Å². The van der Waals surface area contributed by atoms with Gasteiger partial charge >= 0.3 is 0 Å². The highest BCUT2D eigenvalue weighted by Gasteiger charge is 2.16. The lowest BCUT2D eigenvalue weighted by atomic mass is 10.2. The lowest BCUT2D eigenvalue weighted by Gasteiger charge is -2.20. The van der Waals surface area contributed by atoms with Gasteiger partial charge in [0.25, 0.3) is 10.0 Å². The largest absolute Gasteiger partial charge is 0.298 e. The summed E-state index contributed by atoms with van der Waals surface area (Å²) in [6, 6.07) is 16.0. The van der Waals surface area contributed by atoms with Gasteiger partial charge in [-0.3, -0.25) is 5.01 Å². The van der Waals surface area contributed by atoms with Crippen molar-refractivity contribution in [1.29, 1.82) is 0 Å². The number of hydrogen-bond acceptors (Lipinski definition) is 3. The SMILES string of the molecule is Cc1ccc(S(=O)(=O)NN(C)c2ccccc2)cc1. The number of sulfonamides is 1. The van der Waals surface area contributed by atoms with Crippen molar-refractivity contribution in [2.24, 2.45) is 0 Å². The third-order valence-corrected chi connectivity index (χ3v) is 4.14. The highest BCUT2D eigenvalue weighted by Crippen LogP contribution is 2.13. The van der Waals surface area contributed by atoms with Crippen LogP contribution in [0.4, 0.5) is 5.69 Å². The average Bonchev–Trinajstić information content (AvgIpc) is 2.40. The molecule has 19 heavy (non-hydrogen) atoms. The van der Waals surface area contributed by atoms with E-state index in [4.69, 9.17) is 0 Å². The minimum Gasteiger partial charge on any atom is -0.298 e. The van der Waals surface area contributed by atoms with Crippen LogP contribution < -0.4 is 9.84 Å². The Morgan fingerprint density at radius 2 is 1.53 bits per heavy atom. The molecule has 1 N–H and O–H groups in total. The second-order valence-electron chi connectivity index (χ2n) is 4.30. The van der Waals surface area contributed by atoms with Crippen molar-refractivity contribution in [3.8, 4) is 0 Å². The van der Waals surface area contributed by atoms with Gasteiger partial charge in [-0.2, -0.15) is 0 Å². The zero-order valence-corrected chi connectivity index (χ0v) is 11.7. The second kappa shape index (κ2) is 5.42. The van der Waals surface area contributed by atoms with Gasteiger partial charge in [0.1, 0.15) is 0 Å². The van der Waals surface area contributed by atoms with Crippen LogP contribution in [0.15, 0.2) is 59.5 Å². The van der Waals surface area contributed by atoms with E-state index in [1.165, 1.54) is 5.01 Å². The van der Waals surface area contributed by atoms with Crippen molar-refractivity contribution in [1.82, 2.24) is 4.83 Å². The van der Waals surface area contributed by atoms with Gasteiger partial charge in [-0.05, 0) is 31.2 Å². The number of rotatable bonds is 4. The molecular weight excluding hydrogens is 260 g/mol. The maximum Gasteiger partial charge on any atom is 0.257 e. The van der Waals surface area contributed by atoms with Gasteiger partial charge in [0.2, 0.25) is 0 Å². The predicted octanol–water partition coefficient (Wildman–Crippen LogP) is 2.32. The first kappa shape index (κ1) is 13.6. The van der Waals surface area contributed by atoms with E-state index < -0.39 is 10.0 Å². The summed E-state index contributed by atoms with van der Waals surface area (Å²) < 4.78 is 24.3. The smallest absolute Gasteiger partial charge is 0.257 e. The Morgan fingerprint density at radius 1 is 0.947 bits per heavy atom. The topological polar surface area (TPSA) is 49.4 Å². The van der Waals surface area contributed by atoms with Crippen LogP contribution in [0.3, 0.4) is 0 Å². The third kappa shape index (κ3) is 3.33. The van der Waals surface area contributed by atoms with E-state index in [2.05, 4.69) is 4.83 Å². The number of hydrogen-bond donors (Lipinski definition) is 1. The fourth-order valence-electron chi connectivity index (χ4n) is 1.65. The lowest BCUT2D eigenvalue weighted by molar-refractivity contribution is 0.580. The molecule has 0 aliphatic carbocycles. The van der Waals surface area contributed by atoms with Crippen molar-refractivity contribution in [3.63, 3.8) is 0 Å². The van der Waals surface area contributed by atoms with E-state index >= 15 is 0 Å². The molecule has 0 aliphatic rings. The van der Waals surface area contributed by atoms with Crippen molar-refractivity contribution < 1.29 is 8.42 Å². The van der Waals surface area contributed by atoms with E-state index in [1.54, 1.807) is 31.3 Å². The fraction of sp³-hybridized carbons (Fsp3) is 0.143. The molecule has 0 fully saturated rings. The van der Waals surface area contributed by atoms with E-state index in [9.17, 15) is 8.42 Å². The summed E-state index contributed by atoms with van der Waals surface area (Å²) in [5.74, 6) is 0. The quantitative estimate of drug-likeness (QED) is 0.872. The van der Waals surface area contributed by atoms with Crippen LogP contribution in [0.1, 0.15) is 5.56 Å². The number of hydrazine groups is 1. The zero-order valence-electron chi connectivity index (χ0n) is 10.9. The highest BCUT2D eigenvalue weighted by atomic mass is 32.2. The van der Waals surface area contributed by atoms with E-state index in [0.29, 0.717) is 0 Å². The molecule has 0 saturated carbocycles. The van der Waals surface area contributed by atoms with Gasteiger partial charge in [-0.1, -0.05) is 35.9 Å². The molecule has 0 bridgehead atoms. The number of aryl methyl sites for hydroxylation is 1. The zero-order chi connectivity index (χ0) is 13.9. The molecule has 0 aliphatic heterocycles. The van der Waals surface area contributed by atoms with Gasteiger partial charge in [-0.15, -0.1) is 4.83 Å². The Bertz CT molecular complexity index is 637. The first-order valence-corrected chi connectivity index (χ1v) is 7.35. The molecule has 0 unspecified atom stereocenters. The normalized spacial score (nSPS) is 11.3. The van der Waals surface area contributed by atoms with Crippen molar-refractivity contribution in [2.75, 3.05) is 12.1 Å². The molecule has 2 aromatic carbocycles. The molecular formula is C14H16N2O2S. The van der Waals surface area contributed by atoms with Crippen LogP contribution >= 0.6 is 0 Å². The molecule has 4 nitrogen and oxygen atoms in total. The monoisotopic (exact) mass is 276 g/mol. The number of para-hydroxylation sites is 1. The van der Waals surface area contributed by atoms with Crippen molar-refractivity contribution in [3.05, 3.63) is 60.2 Å². The predicted molar refractivity (Wildman–Crippen MR) is 76.3 cm³/mol. The molecule has 0 amide bonds. The molecule has 100 valence electrons. The summed E-state index contributed by atoms with van der Waals surface area (Å²) in [7, 11) is -1.88. The van der Waals surface area contributed by atoms with Crippen molar-refractivity contribution in [2.45, 2.75) is 11.8 Å². The van der Waals surface area contributed by atoms with Gasteiger partial charge < -0.3 is 0 Å². The Kier molecular flexibility index (Phi) is 3.87. The Labute approximate surface area is 113 Å². The Balaban J connectivity index is 2.20. The molecule has 0 radical (unpaired) electrons. The Morgan fingerprint density at radius 3 is 2.11 bits per heavy atom. The van der Waals surface area contributed by atoms with E-state index in [-0.39, 0.29) is 4.90 Å². The van der Waals surface area contributed by atoms with Crippen LogP contribution in [-0.4, -0.2) is 15.5 Å². The number of benzene rings is 2. The molecule has 2 rings (SSSR count). The molecule has 0 spiro atoms. The van der Waals surface area contributed by atoms with Crippen LogP contribution in [0.5, 0.6) is 0 Å². The Hall–Kier alpha value is -1.85. The summed E-state index contributed by atoms with van der Waals surface area (Å²) in [6.07, 6.45) is 0. The highest BCUT2D eigenvalue weighted by molar-refractivity contribution is 7.89. The summed E-state index contributed by atoms with van der Waals surface area (Å²) in [5.41, 5.74) is 1.80. The standard InChI is InChI=1S/C14H16N2O2S/c1-12-8-10-14(11-9-12)19(17,18)15-16(2)13-6-4-3-5-7-13/h3-11,15H,1-2H3. The first-order valence-electron chi connectivity index (χ1n) is 5.87. The molecule has 2 aromatic rings. The van der Waals surface area contributed by atoms with Crippen molar-refractivity contribution >= 4 is 15.7 Å². The fourth-order valence-corrected chi connectivity index (χ4v) is 2.72. The summed E-state index contributed by atoms with van der Waals surface area (Å²) in [6.45, 7) is 1.92. The van der Waals surface area contributed by atoms with E-state index in [1.807, 2.05) is 37.3 Å². The number of nitrogens with zero attached hydrogens (tertiary/aromatic N) is 1. The van der Waals surface area contributed by atoms with Gasteiger partial charge in [0.15, 0.2) is 0 Å². The van der Waals surface area contributed by atoms with E-state index in [0.717, 1.165) is 11.3 Å². The minimum atomic E-state index is -3.55. The number of nitrogens with one attached hydrogen (secondary N) is 1. The summed E-state index contributed by atoms with van der Waals surface area (Å²) in [5, 5.41) is 1.48. The van der Waals surface area contributed by atoms with Crippen LogP contribution in [0.25, 0.3) is 0 Å². The minimum absolute atomic E-state index is 0.251. The molecule has 0 atom stereocenters. The van der Waals surface area contributed by atoms with Gasteiger partial charge in [-0.25, -0.2) is 8.42 Å². The number of anilines is 1. The molecule has 0 heterocycles. The molecule has 0 aromatic heterocycles. The van der Waals surface area contributed by atoms with Crippen LogP contribution in [0.2, 0.25) is 0 Å². The lowest BCUT2D eigenvalue weighted by Crippen LogP contribution is -2.39. The van der Waals surface area contributed by atoms with Crippen LogP contribution in [-0.2, 0) is 10.0 Å². The van der Waals surface area contributed by atoms with Crippen LogP contribution in [0, 0.1) is 6.92 Å². The first-order chi connectivity index (χ1) is 8.99. The molecule has 5 heteroatoms. The average molecular weight is 276 g/mol. The third-order valence-electron chi connectivity index (χ3n) is 2.73. The maximum absolute atomic E-state index is 12.2.